The van der Waals surface area contributed by atoms with Crippen LogP contribution < -0.4 is 14.8 Å². The molecule has 11 heteroatoms. The fourth-order valence-corrected chi connectivity index (χ4v) is 6.00. The summed E-state index contributed by atoms with van der Waals surface area (Å²) >= 11 is 0. The smallest absolute Gasteiger partial charge is 0.272 e. The summed E-state index contributed by atoms with van der Waals surface area (Å²) in [6.45, 7) is 11.8. The van der Waals surface area contributed by atoms with Crippen LogP contribution in [0.25, 0.3) is 10.9 Å². The summed E-state index contributed by atoms with van der Waals surface area (Å²) in [5.41, 5.74) is 3.70. The highest BCUT2D eigenvalue weighted by Gasteiger charge is 2.25. The molecule has 42 heavy (non-hydrogen) atoms. The van der Waals surface area contributed by atoms with Gasteiger partial charge in [0.1, 0.15) is 5.69 Å². The lowest BCUT2D eigenvalue weighted by atomic mass is 9.86. The number of sulfonamides is 1. The lowest BCUT2D eigenvalue weighted by Crippen LogP contribution is -2.48. The van der Waals surface area contributed by atoms with Crippen molar-refractivity contribution in [1.29, 1.82) is 0 Å². The topological polar surface area (TPSA) is 113 Å². The summed E-state index contributed by atoms with van der Waals surface area (Å²) < 4.78 is 34.2. The van der Waals surface area contributed by atoms with Crippen molar-refractivity contribution in [3.8, 4) is 5.75 Å². The molecule has 2 N–H and O–H groups in total. The molecule has 1 aromatic heterocycles. The number of aryl methyl sites for hydroxylation is 1. The van der Waals surface area contributed by atoms with Crippen molar-refractivity contribution in [2.45, 2.75) is 52.5 Å². The van der Waals surface area contributed by atoms with Gasteiger partial charge >= 0.3 is 0 Å². The van der Waals surface area contributed by atoms with E-state index in [1.165, 1.54) is 7.11 Å². The van der Waals surface area contributed by atoms with Crippen LogP contribution in [0.3, 0.4) is 0 Å². The molecule has 1 fully saturated rings. The van der Waals surface area contributed by atoms with E-state index in [1.54, 1.807) is 6.07 Å². The standard InChI is InChI=1S/C31H43N5O5S/c1-8-10-27(37)36-15-13-35(14-16-36)20-22-12-9-11-21-17-26(34(5)28(21)22)30(38)32-24-18-23(31(2,3)4)19-25(29(24)41-6)33-42(7,39)40/h9,11-12,17-19,33H,8,10,13-16,20H2,1-7H3,(H,32,38). The lowest BCUT2D eigenvalue weighted by Gasteiger charge is -2.35. The monoisotopic (exact) mass is 597 g/mol. The molecule has 0 aliphatic carbocycles. The number of amides is 2. The average molecular weight is 598 g/mol. The predicted molar refractivity (Wildman–Crippen MR) is 168 cm³/mol. The molecular formula is C31H43N5O5S. The highest BCUT2D eigenvalue weighted by molar-refractivity contribution is 7.92. The Hall–Kier alpha value is -3.57. The van der Waals surface area contributed by atoms with Gasteiger partial charge in [0.05, 0.1) is 30.3 Å². The van der Waals surface area contributed by atoms with Gasteiger partial charge in [0, 0.05) is 51.6 Å². The number of nitrogens with zero attached hydrogens (tertiary/aromatic N) is 3. The second-order valence-corrected chi connectivity index (χ2v) is 13.8. The maximum Gasteiger partial charge on any atom is 0.272 e. The first-order valence-electron chi connectivity index (χ1n) is 14.3. The van der Waals surface area contributed by atoms with E-state index >= 15 is 0 Å². The van der Waals surface area contributed by atoms with E-state index in [2.05, 4.69) is 21.0 Å². The summed E-state index contributed by atoms with van der Waals surface area (Å²) in [7, 11) is -0.272. The Morgan fingerprint density at radius 3 is 2.29 bits per heavy atom. The van der Waals surface area contributed by atoms with E-state index in [4.69, 9.17) is 4.74 Å². The van der Waals surface area contributed by atoms with Gasteiger partial charge in [-0.25, -0.2) is 8.42 Å². The predicted octanol–water partition coefficient (Wildman–Crippen LogP) is 4.55. The number of hydrogen-bond donors (Lipinski definition) is 2. The van der Waals surface area contributed by atoms with Gasteiger partial charge in [-0.3, -0.25) is 19.2 Å². The second kappa shape index (κ2) is 12.3. The molecule has 3 aromatic rings. The van der Waals surface area contributed by atoms with Crippen molar-refractivity contribution in [1.82, 2.24) is 14.4 Å². The zero-order chi connectivity index (χ0) is 30.8. The Bertz CT molecular complexity index is 1580. The van der Waals surface area contributed by atoms with Crippen molar-refractivity contribution >= 4 is 44.1 Å². The quantitative estimate of drug-likeness (QED) is 0.374. The fourth-order valence-electron chi connectivity index (χ4n) is 5.45. The minimum absolute atomic E-state index is 0.223. The average Bonchev–Trinajstić information content (AvgIpc) is 3.25. The van der Waals surface area contributed by atoms with Crippen molar-refractivity contribution in [2.75, 3.05) is 49.6 Å². The summed E-state index contributed by atoms with van der Waals surface area (Å²) in [4.78, 5) is 30.3. The molecule has 2 heterocycles. The molecule has 0 spiro atoms. The Labute approximate surface area is 249 Å². The Morgan fingerprint density at radius 1 is 1.02 bits per heavy atom. The van der Waals surface area contributed by atoms with Gasteiger partial charge in [0.15, 0.2) is 5.75 Å². The number of carbonyl (C=O) groups is 2. The first kappa shape index (κ1) is 31.4. The molecule has 2 amide bonds. The number of carbonyl (C=O) groups excluding carboxylic acids is 2. The van der Waals surface area contributed by atoms with Crippen molar-refractivity contribution in [2.24, 2.45) is 7.05 Å². The molecule has 10 nitrogen and oxygen atoms in total. The molecule has 2 aromatic carbocycles. The molecule has 0 atom stereocenters. The molecular weight excluding hydrogens is 554 g/mol. The molecule has 0 unspecified atom stereocenters. The maximum absolute atomic E-state index is 13.7. The van der Waals surface area contributed by atoms with Gasteiger partial charge in [-0.2, -0.15) is 0 Å². The van der Waals surface area contributed by atoms with Crippen LogP contribution >= 0.6 is 0 Å². The molecule has 1 aliphatic rings. The number of ether oxygens (including phenoxy) is 1. The summed E-state index contributed by atoms with van der Waals surface area (Å²) in [5, 5.41) is 3.93. The summed E-state index contributed by atoms with van der Waals surface area (Å²) in [6.07, 6.45) is 2.53. The van der Waals surface area contributed by atoms with Gasteiger partial charge in [0.2, 0.25) is 15.9 Å². The molecule has 1 aliphatic heterocycles. The van der Waals surface area contributed by atoms with Crippen LogP contribution in [0, 0.1) is 0 Å². The van der Waals surface area contributed by atoms with Crippen molar-refractivity contribution < 1.29 is 22.7 Å². The molecule has 0 bridgehead atoms. The first-order chi connectivity index (χ1) is 19.7. The minimum atomic E-state index is -3.59. The van der Waals surface area contributed by atoms with Gasteiger partial charge in [0.25, 0.3) is 5.91 Å². The van der Waals surface area contributed by atoms with Crippen LogP contribution in [0.2, 0.25) is 0 Å². The normalized spacial score (nSPS) is 14.7. The largest absolute Gasteiger partial charge is 0.492 e. The number of fused-ring (bicyclic) bond motifs is 1. The fraction of sp³-hybridized carbons (Fsp3) is 0.484. The first-order valence-corrected chi connectivity index (χ1v) is 16.2. The number of anilines is 2. The zero-order valence-electron chi connectivity index (χ0n) is 25.7. The third-order valence-electron chi connectivity index (χ3n) is 7.66. The SMILES string of the molecule is CCCC(=O)N1CCN(Cc2cccc3cc(C(=O)Nc4cc(C(C)(C)C)cc(NS(C)(=O)=O)c4OC)n(C)c23)CC1. The van der Waals surface area contributed by atoms with E-state index in [0.717, 1.165) is 60.9 Å². The third-order valence-corrected chi connectivity index (χ3v) is 8.25. The number of aromatic nitrogens is 1. The van der Waals surface area contributed by atoms with Gasteiger partial charge in [-0.1, -0.05) is 45.9 Å². The molecule has 4 rings (SSSR count). The van der Waals surface area contributed by atoms with Crippen LogP contribution in [0.1, 0.15) is 62.2 Å². The third kappa shape index (κ3) is 7.07. The van der Waals surface area contributed by atoms with E-state index < -0.39 is 10.0 Å². The summed E-state index contributed by atoms with van der Waals surface area (Å²) in [5.74, 6) is 0.122. The van der Waals surface area contributed by atoms with Gasteiger partial charge < -0.3 is 19.5 Å². The summed E-state index contributed by atoms with van der Waals surface area (Å²) in [6, 6.07) is 11.5. The van der Waals surface area contributed by atoms with Crippen LogP contribution in [0.4, 0.5) is 11.4 Å². The Morgan fingerprint density at radius 2 is 1.69 bits per heavy atom. The van der Waals surface area contributed by atoms with Gasteiger partial charge in [-0.15, -0.1) is 0 Å². The highest BCUT2D eigenvalue weighted by Crippen LogP contribution is 2.39. The lowest BCUT2D eigenvalue weighted by molar-refractivity contribution is -0.133. The number of para-hydroxylation sites is 1. The second-order valence-electron chi connectivity index (χ2n) is 12.0. The van der Waals surface area contributed by atoms with Crippen LogP contribution in [0.15, 0.2) is 36.4 Å². The maximum atomic E-state index is 13.7. The molecule has 0 saturated carbocycles. The number of benzene rings is 2. The molecule has 228 valence electrons. The number of nitrogens with one attached hydrogen (secondary N) is 2. The van der Waals surface area contributed by atoms with Crippen LogP contribution in [-0.4, -0.2) is 74.1 Å². The number of hydrogen-bond acceptors (Lipinski definition) is 6. The van der Waals surface area contributed by atoms with Crippen molar-refractivity contribution in [3.05, 3.63) is 53.2 Å². The highest BCUT2D eigenvalue weighted by atomic mass is 32.2. The zero-order valence-corrected chi connectivity index (χ0v) is 26.5. The Balaban J connectivity index is 1.62. The van der Waals surface area contributed by atoms with E-state index in [0.29, 0.717) is 24.3 Å². The van der Waals surface area contributed by atoms with Crippen molar-refractivity contribution in [3.63, 3.8) is 0 Å². The van der Waals surface area contributed by atoms with Gasteiger partial charge in [-0.05, 0) is 41.2 Å². The Kier molecular flexibility index (Phi) is 9.22. The number of piperazine rings is 1. The number of rotatable bonds is 9. The van der Waals surface area contributed by atoms with E-state index in [1.807, 2.05) is 68.5 Å². The molecule has 1 saturated heterocycles. The molecule has 0 radical (unpaired) electrons. The number of methoxy groups -OCH3 is 1. The van der Waals surface area contributed by atoms with E-state index in [9.17, 15) is 18.0 Å². The van der Waals surface area contributed by atoms with Crippen LogP contribution in [0.5, 0.6) is 5.75 Å². The minimum Gasteiger partial charge on any atom is -0.492 e. The van der Waals surface area contributed by atoms with E-state index in [-0.39, 0.29) is 28.7 Å². The van der Waals surface area contributed by atoms with Crippen LogP contribution in [-0.2, 0) is 33.8 Å².